The highest BCUT2D eigenvalue weighted by Gasteiger charge is 2.15. The molecule has 2 heteroatoms. The predicted molar refractivity (Wildman–Crippen MR) is 72.5 cm³/mol. The summed E-state index contributed by atoms with van der Waals surface area (Å²) in [6, 6.07) is 4.40. The minimum Gasteiger partial charge on any atom is -0.365 e. The zero-order valence-electron chi connectivity index (χ0n) is 11.2. The van der Waals surface area contributed by atoms with Crippen LogP contribution in [-0.2, 0) is 0 Å². The summed E-state index contributed by atoms with van der Waals surface area (Å²) >= 11 is 0. The fraction of sp³-hybridized carbons (Fsp3) is 0.467. The fourth-order valence-corrected chi connectivity index (χ4v) is 2.58. The normalized spacial score (nSPS) is 14.8. The van der Waals surface area contributed by atoms with Gasteiger partial charge in [0.1, 0.15) is 0 Å². The Labute approximate surface area is 103 Å². The molecule has 92 valence electrons. The van der Waals surface area contributed by atoms with Crippen LogP contribution in [0.1, 0.15) is 54.6 Å². The van der Waals surface area contributed by atoms with Gasteiger partial charge in [0, 0.05) is 23.8 Å². The van der Waals surface area contributed by atoms with Crippen molar-refractivity contribution in [2.75, 3.05) is 0 Å². The molecule has 2 unspecified atom stereocenters. The van der Waals surface area contributed by atoms with Crippen LogP contribution >= 0.6 is 0 Å². The highest BCUT2D eigenvalue weighted by Crippen LogP contribution is 2.29. The van der Waals surface area contributed by atoms with Crippen molar-refractivity contribution in [3.63, 3.8) is 0 Å². The molecular formula is C15H22N2. The van der Waals surface area contributed by atoms with Crippen LogP contribution in [-0.4, -0.2) is 9.97 Å². The van der Waals surface area contributed by atoms with Crippen molar-refractivity contribution in [3.05, 3.63) is 47.0 Å². The Kier molecular flexibility index (Phi) is 3.41. The first-order valence-corrected chi connectivity index (χ1v) is 6.36. The molecule has 2 N–H and O–H groups in total. The molecule has 0 amide bonds. The molecule has 2 rings (SSSR count). The Balaban J connectivity index is 2.04. The molecule has 0 saturated heterocycles. The highest BCUT2D eigenvalue weighted by molar-refractivity contribution is 5.23. The molecule has 0 spiro atoms. The van der Waals surface area contributed by atoms with Crippen molar-refractivity contribution in [3.8, 4) is 0 Å². The van der Waals surface area contributed by atoms with Crippen molar-refractivity contribution in [2.45, 2.75) is 46.0 Å². The topological polar surface area (TPSA) is 31.6 Å². The minimum absolute atomic E-state index is 0.571. The van der Waals surface area contributed by atoms with Gasteiger partial charge in [-0.15, -0.1) is 0 Å². The molecule has 0 fully saturated rings. The molecule has 0 radical (unpaired) electrons. The number of hydrogen-bond donors (Lipinski definition) is 2. The van der Waals surface area contributed by atoms with E-state index in [0.717, 1.165) is 0 Å². The monoisotopic (exact) mass is 230 g/mol. The van der Waals surface area contributed by atoms with E-state index in [1.165, 1.54) is 28.9 Å². The molecule has 17 heavy (non-hydrogen) atoms. The SMILES string of the molecule is Cc1c[nH]c(C(C)CC(C)c2[nH]ccc2C)c1. The van der Waals surface area contributed by atoms with Gasteiger partial charge in [0.2, 0.25) is 0 Å². The first kappa shape index (κ1) is 12.0. The Morgan fingerprint density at radius 2 is 1.88 bits per heavy atom. The second kappa shape index (κ2) is 4.82. The van der Waals surface area contributed by atoms with E-state index >= 15 is 0 Å². The average Bonchev–Trinajstić information content (AvgIpc) is 2.86. The lowest BCUT2D eigenvalue weighted by atomic mass is 9.91. The zero-order chi connectivity index (χ0) is 12.4. The minimum atomic E-state index is 0.571. The van der Waals surface area contributed by atoms with Gasteiger partial charge < -0.3 is 9.97 Å². The summed E-state index contributed by atoms with van der Waals surface area (Å²) in [6.07, 6.45) is 5.28. The second-order valence-corrected chi connectivity index (χ2v) is 5.24. The lowest BCUT2D eigenvalue weighted by molar-refractivity contribution is 0.573. The number of H-pyrrole nitrogens is 2. The van der Waals surface area contributed by atoms with Gasteiger partial charge in [-0.1, -0.05) is 13.8 Å². The fourth-order valence-electron chi connectivity index (χ4n) is 2.58. The quantitative estimate of drug-likeness (QED) is 0.786. The molecule has 0 aliphatic rings. The van der Waals surface area contributed by atoms with Crippen LogP contribution in [0.25, 0.3) is 0 Å². The lowest BCUT2D eigenvalue weighted by Crippen LogP contribution is -2.03. The van der Waals surface area contributed by atoms with E-state index in [4.69, 9.17) is 0 Å². The van der Waals surface area contributed by atoms with Gasteiger partial charge in [0.25, 0.3) is 0 Å². The summed E-state index contributed by atoms with van der Waals surface area (Å²) in [5.41, 5.74) is 5.40. The maximum Gasteiger partial charge on any atom is 0.0205 e. The summed E-state index contributed by atoms with van der Waals surface area (Å²) in [5.74, 6) is 1.14. The van der Waals surface area contributed by atoms with E-state index in [9.17, 15) is 0 Å². The van der Waals surface area contributed by atoms with E-state index in [-0.39, 0.29) is 0 Å². The van der Waals surface area contributed by atoms with Crippen LogP contribution in [0.2, 0.25) is 0 Å². The van der Waals surface area contributed by atoms with E-state index in [1.54, 1.807) is 0 Å². The third-order valence-electron chi connectivity index (χ3n) is 3.58. The summed E-state index contributed by atoms with van der Waals surface area (Å²) in [5, 5.41) is 0. The van der Waals surface area contributed by atoms with Crippen LogP contribution < -0.4 is 0 Å². The number of nitrogens with one attached hydrogen (secondary N) is 2. The van der Waals surface area contributed by atoms with Gasteiger partial charge in [-0.05, 0) is 55.4 Å². The van der Waals surface area contributed by atoms with Crippen LogP contribution in [0, 0.1) is 13.8 Å². The van der Waals surface area contributed by atoms with E-state index < -0.39 is 0 Å². The smallest absolute Gasteiger partial charge is 0.0205 e. The van der Waals surface area contributed by atoms with Gasteiger partial charge in [-0.2, -0.15) is 0 Å². The number of hydrogen-bond acceptors (Lipinski definition) is 0. The molecule has 0 saturated carbocycles. The van der Waals surface area contributed by atoms with Gasteiger partial charge in [-0.25, -0.2) is 0 Å². The summed E-state index contributed by atoms with van der Waals surface area (Å²) in [6.45, 7) is 8.89. The summed E-state index contributed by atoms with van der Waals surface area (Å²) < 4.78 is 0. The molecule has 0 aromatic carbocycles. The van der Waals surface area contributed by atoms with E-state index in [2.05, 4.69) is 56.0 Å². The Morgan fingerprint density at radius 3 is 2.41 bits per heavy atom. The Bertz CT molecular complexity index is 479. The molecular weight excluding hydrogens is 208 g/mol. The van der Waals surface area contributed by atoms with Crippen LogP contribution in [0.5, 0.6) is 0 Å². The first-order chi connectivity index (χ1) is 8.08. The number of aromatic amines is 2. The molecule has 2 nitrogen and oxygen atoms in total. The van der Waals surface area contributed by atoms with Crippen LogP contribution in [0.4, 0.5) is 0 Å². The number of aromatic nitrogens is 2. The standard InChI is InChI=1S/C15H22N2/c1-10-7-14(17-9-10)12(3)8-13(4)15-11(2)5-6-16-15/h5-7,9,12-13,16-17H,8H2,1-4H3. The molecule has 0 aliphatic heterocycles. The third-order valence-corrected chi connectivity index (χ3v) is 3.58. The zero-order valence-corrected chi connectivity index (χ0v) is 11.2. The van der Waals surface area contributed by atoms with Crippen LogP contribution in [0.15, 0.2) is 24.5 Å². The van der Waals surface area contributed by atoms with Crippen molar-refractivity contribution < 1.29 is 0 Å². The Hall–Kier alpha value is -1.44. The van der Waals surface area contributed by atoms with Crippen molar-refractivity contribution >= 4 is 0 Å². The van der Waals surface area contributed by atoms with E-state index in [0.29, 0.717) is 11.8 Å². The summed E-state index contributed by atoms with van der Waals surface area (Å²) in [7, 11) is 0. The lowest BCUT2D eigenvalue weighted by Gasteiger charge is -2.16. The summed E-state index contributed by atoms with van der Waals surface area (Å²) in [4.78, 5) is 6.72. The molecule has 0 bridgehead atoms. The van der Waals surface area contributed by atoms with Gasteiger partial charge in [0.15, 0.2) is 0 Å². The highest BCUT2D eigenvalue weighted by atomic mass is 14.7. The third kappa shape index (κ3) is 2.63. The maximum absolute atomic E-state index is 3.36. The van der Waals surface area contributed by atoms with E-state index in [1.807, 2.05) is 6.20 Å². The van der Waals surface area contributed by atoms with Crippen molar-refractivity contribution in [1.82, 2.24) is 9.97 Å². The molecule has 2 heterocycles. The molecule has 0 aliphatic carbocycles. The molecule has 2 atom stereocenters. The van der Waals surface area contributed by atoms with Gasteiger partial charge >= 0.3 is 0 Å². The van der Waals surface area contributed by atoms with Crippen molar-refractivity contribution in [1.29, 1.82) is 0 Å². The predicted octanol–water partition coefficient (Wildman–Crippen LogP) is 4.26. The van der Waals surface area contributed by atoms with Gasteiger partial charge in [-0.3, -0.25) is 0 Å². The number of rotatable bonds is 4. The average molecular weight is 230 g/mol. The van der Waals surface area contributed by atoms with Gasteiger partial charge in [0.05, 0.1) is 0 Å². The maximum atomic E-state index is 3.36. The molecule has 2 aromatic rings. The van der Waals surface area contributed by atoms with Crippen LogP contribution in [0.3, 0.4) is 0 Å². The Morgan fingerprint density at radius 1 is 1.12 bits per heavy atom. The second-order valence-electron chi connectivity index (χ2n) is 5.24. The largest absolute Gasteiger partial charge is 0.365 e. The molecule has 2 aromatic heterocycles. The first-order valence-electron chi connectivity index (χ1n) is 6.36. The number of aryl methyl sites for hydroxylation is 2. The van der Waals surface area contributed by atoms with Crippen molar-refractivity contribution in [2.24, 2.45) is 0 Å².